The van der Waals surface area contributed by atoms with Crippen LogP contribution in [-0.4, -0.2) is 25.3 Å². The molecule has 1 aromatic carbocycles. The van der Waals surface area contributed by atoms with Crippen molar-refractivity contribution in [3.8, 4) is 6.07 Å². The van der Waals surface area contributed by atoms with Crippen LogP contribution in [0.25, 0.3) is 0 Å². The summed E-state index contributed by atoms with van der Waals surface area (Å²) in [5.74, 6) is -0.405. The molecule has 25 heavy (non-hydrogen) atoms. The second-order valence-electron chi connectivity index (χ2n) is 6.28. The van der Waals surface area contributed by atoms with Crippen LogP contribution < -0.4 is 16.6 Å². The third kappa shape index (κ3) is 3.06. The minimum absolute atomic E-state index is 0.0332. The zero-order valence-corrected chi connectivity index (χ0v) is 14.3. The van der Waals surface area contributed by atoms with E-state index in [1.807, 2.05) is 12.1 Å². The van der Waals surface area contributed by atoms with Crippen LogP contribution in [0.3, 0.4) is 0 Å². The normalized spacial score (nSPS) is 28.0. The Hall–Kier alpha value is -2.56. The molecule has 0 aliphatic carbocycles. The van der Waals surface area contributed by atoms with E-state index in [1.165, 1.54) is 7.11 Å². The Balaban J connectivity index is 2.00. The van der Waals surface area contributed by atoms with E-state index in [0.29, 0.717) is 11.1 Å². The van der Waals surface area contributed by atoms with E-state index >= 15 is 0 Å². The zero-order valence-electron chi connectivity index (χ0n) is 14.3. The van der Waals surface area contributed by atoms with Crippen molar-refractivity contribution in [2.75, 3.05) is 7.11 Å². The average Bonchev–Trinajstić information content (AvgIpc) is 3.02. The number of carbonyl (C=O) groups excluding carboxylic acids is 1. The molecule has 3 rings (SSSR count). The summed E-state index contributed by atoms with van der Waals surface area (Å²) < 4.78 is 10.4. The maximum Gasteiger partial charge on any atom is 0.337 e. The summed E-state index contributed by atoms with van der Waals surface area (Å²) in [4.78, 5) is 11.6. The fourth-order valence-corrected chi connectivity index (χ4v) is 3.69. The molecule has 2 aliphatic rings. The molecule has 0 saturated carbocycles. The van der Waals surface area contributed by atoms with Gasteiger partial charge < -0.3 is 15.2 Å². The third-order valence-electron chi connectivity index (χ3n) is 4.85. The van der Waals surface area contributed by atoms with Gasteiger partial charge in [-0.15, -0.1) is 0 Å². The zero-order chi connectivity index (χ0) is 18.0. The van der Waals surface area contributed by atoms with E-state index in [2.05, 4.69) is 23.8 Å². The monoisotopic (exact) mass is 342 g/mol. The quantitative estimate of drug-likeness (QED) is 0.711. The number of ether oxygens (including phenoxy) is 2. The Morgan fingerprint density at radius 2 is 2.08 bits per heavy atom. The molecule has 0 spiro atoms. The van der Waals surface area contributed by atoms with Crippen LogP contribution in [0.1, 0.15) is 41.6 Å². The van der Waals surface area contributed by atoms with Gasteiger partial charge in [0.25, 0.3) is 0 Å². The summed E-state index contributed by atoms with van der Waals surface area (Å²) in [6.07, 6.45) is 1.67. The van der Waals surface area contributed by atoms with Gasteiger partial charge >= 0.3 is 5.97 Å². The summed E-state index contributed by atoms with van der Waals surface area (Å²) in [7, 11) is 1.35. The third-order valence-corrected chi connectivity index (χ3v) is 4.85. The van der Waals surface area contributed by atoms with E-state index in [9.17, 15) is 10.1 Å². The minimum Gasteiger partial charge on any atom is -0.465 e. The van der Waals surface area contributed by atoms with Gasteiger partial charge in [-0.1, -0.05) is 25.5 Å². The lowest BCUT2D eigenvalue weighted by Crippen LogP contribution is -2.41. The van der Waals surface area contributed by atoms with Crippen molar-refractivity contribution in [3.05, 3.63) is 46.8 Å². The fraction of sp³-hybridized carbons (Fsp3) is 0.444. The Labute approximate surface area is 146 Å². The number of hydrogen-bond acceptors (Lipinski definition) is 7. The average molecular weight is 342 g/mol. The second kappa shape index (κ2) is 7.13. The molecule has 4 atom stereocenters. The number of methoxy groups -OCH3 is 1. The minimum atomic E-state index is -0.389. The molecule has 2 aliphatic heterocycles. The van der Waals surface area contributed by atoms with Gasteiger partial charge in [0.15, 0.2) is 6.23 Å². The van der Waals surface area contributed by atoms with Crippen molar-refractivity contribution in [1.29, 1.82) is 5.26 Å². The number of nitrogens with zero attached hydrogens (tertiary/aromatic N) is 1. The largest absolute Gasteiger partial charge is 0.465 e. The number of nitrogens with two attached hydrogens (primary N) is 1. The lowest BCUT2D eigenvalue weighted by molar-refractivity contribution is 0.0336. The van der Waals surface area contributed by atoms with Gasteiger partial charge in [-0.2, -0.15) is 5.26 Å². The standard InChI is InChI=1S/C18H22N4O3/c1-3-4-13-15-14(10-5-7-11(8-6-10)18(23)24-2)12(9-19)16(20)25-17(15)22-21-13/h5-8,13-15,17,21-22H,3-4,20H2,1-2H3. The van der Waals surface area contributed by atoms with Crippen molar-refractivity contribution < 1.29 is 14.3 Å². The molecule has 0 amide bonds. The smallest absolute Gasteiger partial charge is 0.337 e. The predicted molar refractivity (Wildman–Crippen MR) is 90.7 cm³/mol. The van der Waals surface area contributed by atoms with Crippen molar-refractivity contribution in [2.45, 2.75) is 38.0 Å². The number of esters is 1. The van der Waals surface area contributed by atoms with Crippen molar-refractivity contribution in [3.63, 3.8) is 0 Å². The van der Waals surface area contributed by atoms with E-state index in [4.69, 9.17) is 15.2 Å². The van der Waals surface area contributed by atoms with Crippen LogP contribution in [0.5, 0.6) is 0 Å². The molecule has 4 N–H and O–H groups in total. The Morgan fingerprint density at radius 3 is 2.68 bits per heavy atom. The molecule has 7 nitrogen and oxygen atoms in total. The van der Waals surface area contributed by atoms with Crippen molar-refractivity contribution in [2.24, 2.45) is 11.7 Å². The van der Waals surface area contributed by atoms with E-state index in [0.717, 1.165) is 18.4 Å². The molecule has 4 unspecified atom stereocenters. The molecular weight excluding hydrogens is 320 g/mol. The van der Waals surface area contributed by atoms with Gasteiger partial charge in [0.1, 0.15) is 6.07 Å². The van der Waals surface area contributed by atoms with Gasteiger partial charge in [-0.05, 0) is 24.1 Å². The maximum absolute atomic E-state index is 11.6. The molecule has 132 valence electrons. The lowest BCUT2D eigenvalue weighted by Gasteiger charge is -2.35. The van der Waals surface area contributed by atoms with Crippen LogP contribution in [0.15, 0.2) is 35.7 Å². The molecular formula is C18H22N4O3. The first-order chi connectivity index (χ1) is 12.1. The summed E-state index contributed by atoms with van der Waals surface area (Å²) >= 11 is 0. The molecule has 1 saturated heterocycles. The Bertz CT molecular complexity index is 723. The first-order valence-electron chi connectivity index (χ1n) is 8.36. The van der Waals surface area contributed by atoms with Crippen molar-refractivity contribution >= 4 is 5.97 Å². The predicted octanol–water partition coefficient (Wildman–Crippen LogP) is 1.50. The van der Waals surface area contributed by atoms with Gasteiger partial charge in [0, 0.05) is 17.9 Å². The highest BCUT2D eigenvalue weighted by Crippen LogP contribution is 2.43. The topological polar surface area (TPSA) is 109 Å². The molecule has 0 aromatic heterocycles. The van der Waals surface area contributed by atoms with Crippen molar-refractivity contribution in [1.82, 2.24) is 10.9 Å². The van der Waals surface area contributed by atoms with Gasteiger partial charge in [0.2, 0.25) is 5.88 Å². The molecule has 0 radical (unpaired) electrons. The number of benzene rings is 1. The highest BCUT2D eigenvalue weighted by atomic mass is 16.5. The maximum atomic E-state index is 11.6. The molecule has 0 bridgehead atoms. The lowest BCUT2D eigenvalue weighted by atomic mass is 9.74. The number of hydrazine groups is 1. The number of rotatable bonds is 4. The number of carbonyl (C=O) groups is 1. The van der Waals surface area contributed by atoms with Crippen LogP contribution in [-0.2, 0) is 9.47 Å². The first-order valence-corrected chi connectivity index (χ1v) is 8.36. The highest BCUT2D eigenvalue weighted by molar-refractivity contribution is 5.89. The van der Waals surface area contributed by atoms with Crippen LogP contribution in [0.4, 0.5) is 0 Å². The summed E-state index contributed by atoms with van der Waals surface area (Å²) in [6.45, 7) is 2.12. The first kappa shape index (κ1) is 17.3. The number of hydrogen-bond donors (Lipinski definition) is 3. The van der Waals surface area contributed by atoms with Gasteiger partial charge in [-0.25, -0.2) is 10.2 Å². The van der Waals surface area contributed by atoms with Crippen LogP contribution >= 0.6 is 0 Å². The molecule has 7 heteroatoms. The Morgan fingerprint density at radius 1 is 1.36 bits per heavy atom. The van der Waals surface area contributed by atoms with E-state index < -0.39 is 0 Å². The number of nitriles is 1. The van der Waals surface area contributed by atoms with Gasteiger partial charge in [0.05, 0.1) is 18.2 Å². The highest BCUT2D eigenvalue weighted by Gasteiger charge is 2.48. The molecule has 1 fully saturated rings. The Kier molecular flexibility index (Phi) is 4.93. The number of fused-ring (bicyclic) bond motifs is 1. The summed E-state index contributed by atoms with van der Waals surface area (Å²) in [6, 6.07) is 9.50. The second-order valence-corrected chi connectivity index (χ2v) is 6.28. The van der Waals surface area contributed by atoms with E-state index in [1.54, 1.807) is 12.1 Å². The molecule has 1 aromatic rings. The van der Waals surface area contributed by atoms with Crippen LogP contribution in [0, 0.1) is 17.2 Å². The number of nitrogens with one attached hydrogen (secondary N) is 2. The van der Waals surface area contributed by atoms with Gasteiger partial charge in [-0.3, -0.25) is 5.43 Å². The molecule has 2 heterocycles. The summed E-state index contributed by atoms with van der Waals surface area (Å²) in [5, 5.41) is 9.63. The SMILES string of the molecule is CCCC1NNC2OC(N)=C(C#N)C(c3ccc(C(=O)OC)cc3)C12. The summed E-state index contributed by atoms with van der Waals surface area (Å²) in [5.41, 5.74) is 14.2. The van der Waals surface area contributed by atoms with E-state index in [-0.39, 0.29) is 36.0 Å². The fourth-order valence-electron chi connectivity index (χ4n) is 3.69. The number of allylic oxidation sites excluding steroid dienone is 1. The van der Waals surface area contributed by atoms with Crippen LogP contribution in [0.2, 0.25) is 0 Å².